The van der Waals surface area contributed by atoms with Gasteiger partial charge in [0.05, 0.1) is 6.33 Å². The van der Waals surface area contributed by atoms with Crippen molar-refractivity contribution in [1.29, 1.82) is 0 Å². The molecule has 0 aliphatic heterocycles. The summed E-state index contributed by atoms with van der Waals surface area (Å²) in [5.41, 5.74) is 1.05. The normalized spacial score (nSPS) is 13.0. The van der Waals surface area contributed by atoms with Crippen LogP contribution in [0.1, 0.15) is 39.2 Å². The van der Waals surface area contributed by atoms with Crippen molar-refractivity contribution in [3.63, 3.8) is 0 Å². The van der Waals surface area contributed by atoms with Crippen molar-refractivity contribution >= 4 is 5.78 Å². The summed E-state index contributed by atoms with van der Waals surface area (Å²) in [4.78, 5) is 16.8. The second-order valence-corrected chi connectivity index (χ2v) is 6.95. The Hall–Kier alpha value is -1.90. The van der Waals surface area contributed by atoms with Crippen LogP contribution in [0.4, 0.5) is 0 Å². The van der Waals surface area contributed by atoms with Gasteiger partial charge in [-0.05, 0) is 24.8 Å². The maximum absolute atomic E-state index is 12.7. The van der Waals surface area contributed by atoms with Gasteiger partial charge in [0.25, 0.3) is 0 Å². The molecule has 1 aromatic carbocycles. The van der Waals surface area contributed by atoms with Crippen molar-refractivity contribution in [3.8, 4) is 0 Å². The number of aromatic nitrogens is 2. The van der Waals surface area contributed by atoms with E-state index in [1.165, 1.54) is 5.56 Å². The first-order valence-electron chi connectivity index (χ1n) is 8.01. The monoisotopic (exact) mass is 298 g/mol. The van der Waals surface area contributed by atoms with E-state index in [1.807, 2.05) is 37.6 Å². The first-order chi connectivity index (χ1) is 10.5. The zero-order valence-corrected chi connectivity index (χ0v) is 13.8. The van der Waals surface area contributed by atoms with Gasteiger partial charge in [0.2, 0.25) is 0 Å². The van der Waals surface area contributed by atoms with Crippen molar-refractivity contribution in [2.45, 2.75) is 46.6 Å². The predicted octanol–water partition coefficient (Wildman–Crippen LogP) is 4.14. The van der Waals surface area contributed by atoms with Gasteiger partial charge >= 0.3 is 0 Å². The van der Waals surface area contributed by atoms with Crippen LogP contribution >= 0.6 is 0 Å². The summed E-state index contributed by atoms with van der Waals surface area (Å²) >= 11 is 0. The highest BCUT2D eigenvalue weighted by Crippen LogP contribution is 2.25. The van der Waals surface area contributed by atoms with Gasteiger partial charge in [-0.25, -0.2) is 4.98 Å². The van der Waals surface area contributed by atoms with Gasteiger partial charge in [0.1, 0.15) is 5.78 Å². The van der Waals surface area contributed by atoms with E-state index in [0.29, 0.717) is 5.78 Å². The third-order valence-corrected chi connectivity index (χ3v) is 3.96. The van der Waals surface area contributed by atoms with Gasteiger partial charge in [-0.3, -0.25) is 4.79 Å². The van der Waals surface area contributed by atoms with E-state index in [-0.39, 0.29) is 11.3 Å². The summed E-state index contributed by atoms with van der Waals surface area (Å²) in [6, 6.07) is 10.5. The van der Waals surface area contributed by atoms with E-state index in [9.17, 15) is 4.79 Å². The highest BCUT2D eigenvalue weighted by atomic mass is 16.1. The Morgan fingerprint density at radius 2 is 1.95 bits per heavy atom. The molecule has 1 aromatic heterocycles. The summed E-state index contributed by atoms with van der Waals surface area (Å²) in [5, 5.41) is 0. The van der Waals surface area contributed by atoms with Crippen molar-refractivity contribution in [2.24, 2.45) is 11.3 Å². The number of carbonyl (C=O) groups excluding carboxylic acids is 1. The molecule has 0 fully saturated rings. The molecule has 3 heteroatoms. The topological polar surface area (TPSA) is 34.9 Å². The van der Waals surface area contributed by atoms with Crippen molar-refractivity contribution in [1.82, 2.24) is 9.55 Å². The summed E-state index contributed by atoms with van der Waals surface area (Å²) in [5.74, 6) is 0.396. The van der Waals surface area contributed by atoms with E-state index in [1.54, 1.807) is 12.5 Å². The molecule has 0 amide bonds. The van der Waals surface area contributed by atoms with Crippen molar-refractivity contribution in [3.05, 3.63) is 54.6 Å². The zero-order chi connectivity index (χ0) is 16.0. The number of nitrogens with zero attached hydrogens (tertiary/aromatic N) is 2. The van der Waals surface area contributed by atoms with Crippen LogP contribution in [0.15, 0.2) is 49.1 Å². The standard InChI is InChI=1S/C19H26N2O/c1-19(2,3)18(22)17(14-21-13-12-20-15-21)11-7-10-16-8-5-4-6-9-16/h4-6,8-9,12-13,15,17H,7,10-11,14H2,1-3H3. The third-order valence-electron chi connectivity index (χ3n) is 3.96. The van der Waals surface area contributed by atoms with Crippen LogP contribution in [-0.4, -0.2) is 15.3 Å². The van der Waals surface area contributed by atoms with Gasteiger partial charge in [0, 0.05) is 30.3 Å². The number of ketones is 1. The Morgan fingerprint density at radius 1 is 1.23 bits per heavy atom. The Kier molecular flexibility index (Phi) is 5.53. The molecule has 0 saturated heterocycles. The quantitative estimate of drug-likeness (QED) is 0.770. The summed E-state index contributed by atoms with van der Waals surface area (Å²) < 4.78 is 2.01. The number of hydrogen-bond donors (Lipinski definition) is 0. The number of rotatable bonds is 7. The fraction of sp³-hybridized carbons (Fsp3) is 0.474. The van der Waals surface area contributed by atoms with Gasteiger partial charge < -0.3 is 4.57 Å². The van der Waals surface area contributed by atoms with Crippen molar-refractivity contribution < 1.29 is 4.79 Å². The summed E-state index contributed by atoms with van der Waals surface area (Å²) in [6.45, 7) is 6.75. The van der Waals surface area contributed by atoms with E-state index in [2.05, 4.69) is 29.2 Å². The number of hydrogen-bond acceptors (Lipinski definition) is 2. The lowest BCUT2D eigenvalue weighted by Gasteiger charge is -2.25. The molecule has 2 rings (SSSR count). The lowest BCUT2D eigenvalue weighted by atomic mass is 9.80. The third kappa shape index (κ3) is 4.83. The van der Waals surface area contributed by atoms with Crippen LogP contribution in [0, 0.1) is 11.3 Å². The fourth-order valence-electron chi connectivity index (χ4n) is 2.76. The smallest absolute Gasteiger partial charge is 0.143 e. The van der Waals surface area contributed by atoms with Crippen LogP contribution in [0.5, 0.6) is 0 Å². The molecule has 2 aromatic rings. The Morgan fingerprint density at radius 3 is 2.55 bits per heavy atom. The van der Waals surface area contributed by atoms with Gasteiger partial charge in [-0.15, -0.1) is 0 Å². The molecule has 0 aliphatic carbocycles. The van der Waals surface area contributed by atoms with Gasteiger partial charge in [-0.1, -0.05) is 51.1 Å². The fourth-order valence-corrected chi connectivity index (χ4v) is 2.76. The molecule has 22 heavy (non-hydrogen) atoms. The number of Topliss-reactive ketones (excluding diaryl/α,β-unsaturated/α-hetero) is 1. The highest BCUT2D eigenvalue weighted by Gasteiger charge is 2.29. The second-order valence-electron chi connectivity index (χ2n) is 6.95. The molecule has 0 aliphatic rings. The molecule has 0 radical (unpaired) electrons. The number of aryl methyl sites for hydroxylation is 1. The van der Waals surface area contributed by atoms with Crippen LogP contribution in [-0.2, 0) is 17.8 Å². The lowest BCUT2D eigenvalue weighted by molar-refractivity contribution is -0.131. The SMILES string of the molecule is CC(C)(C)C(=O)C(CCCc1ccccc1)Cn1ccnc1. The Balaban J connectivity index is 1.96. The maximum Gasteiger partial charge on any atom is 0.143 e. The number of imidazole rings is 1. The van der Waals surface area contributed by atoms with Gasteiger partial charge in [-0.2, -0.15) is 0 Å². The largest absolute Gasteiger partial charge is 0.337 e. The molecule has 1 unspecified atom stereocenters. The molecule has 3 nitrogen and oxygen atoms in total. The second kappa shape index (κ2) is 7.39. The van der Waals surface area contributed by atoms with Gasteiger partial charge in [0.15, 0.2) is 0 Å². The van der Waals surface area contributed by atoms with Crippen LogP contribution in [0.2, 0.25) is 0 Å². The van der Waals surface area contributed by atoms with E-state index >= 15 is 0 Å². The molecule has 118 valence electrons. The van der Waals surface area contributed by atoms with Crippen LogP contribution in [0.25, 0.3) is 0 Å². The zero-order valence-electron chi connectivity index (χ0n) is 13.8. The minimum Gasteiger partial charge on any atom is -0.337 e. The average Bonchev–Trinajstić information content (AvgIpc) is 2.98. The van der Waals surface area contributed by atoms with E-state index < -0.39 is 0 Å². The molecule has 1 atom stereocenters. The summed E-state index contributed by atoms with van der Waals surface area (Å²) in [7, 11) is 0. The molecule has 0 saturated carbocycles. The number of carbonyl (C=O) groups is 1. The molecule has 0 bridgehead atoms. The van der Waals surface area contributed by atoms with E-state index in [4.69, 9.17) is 0 Å². The first kappa shape index (κ1) is 16.5. The minimum absolute atomic E-state index is 0.0536. The van der Waals surface area contributed by atoms with Crippen LogP contribution < -0.4 is 0 Å². The highest BCUT2D eigenvalue weighted by molar-refractivity contribution is 5.85. The van der Waals surface area contributed by atoms with Crippen LogP contribution in [0.3, 0.4) is 0 Å². The molecular formula is C19H26N2O. The van der Waals surface area contributed by atoms with E-state index in [0.717, 1.165) is 25.8 Å². The Labute approximate surface area is 133 Å². The molecule has 1 heterocycles. The molecule has 0 spiro atoms. The molecule has 0 N–H and O–H groups in total. The predicted molar refractivity (Wildman–Crippen MR) is 89.6 cm³/mol. The Bertz CT molecular complexity index is 567. The maximum atomic E-state index is 12.7. The minimum atomic E-state index is -0.294. The lowest BCUT2D eigenvalue weighted by Crippen LogP contribution is -2.31. The summed E-state index contributed by atoms with van der Waals surface area (Å²) in [6.07, 6.45) is 8.47. The number of benzene rings is 1. The molecular weight excluding hydrogens is 272 g/mol. The van der Waals surface area contributed by atoms with Crippen molar-refractivity contribution in [2.75, 3.05) is 0 Å². The average molecular weight is 298 g/mol. The first-order valence-corrected chi connectivity index (χ1v) is 8.01.